The second kappa shape index (κ2) is 9.06. The van der Waals surface area contributed by atoms with Crippen molar-refractivity contribution in [3.05, 3.63) is 35.4 Å². The molecule has 0 aliphatic rings. The molecule has 1 rings (SSSR count). The average molecular weight is 400 g/mol. The lowest BCUT2D eigenvalue weighted by atomic mass is 9.96. The van der Waals surface area contributed by atoms with Crippen LogP contribution >= 0.6 is 15.9 Å². The minimum atomic E-state index is -0.874. The van der Waals surface area contributed by atoms with E-state index in [9.17, 15) is 9.59 Å². The van der Waals surface area contributed by atoms with E-state index in [1.54, 1.807) is 27.7 Å². The van der Waals surface area contributed by atoms with Gasteiger partial charge in [-0.3, -0.25) is 4.79 Å². The largest absolute Gasteiger partial charge is 0.481 e. The fourth-order valence-electron chi connectivity index (χ4n) is 2.24. The number of carbonyl (C=O) groups excluding carboxylic acids is 1. The lowest BCUT2D eigenvalue weighted by Gasteiger charge is -2.24. The van der Waals surface area contributed by atoms with Crippen LogP contribution in [0.1, 0.15) is 45.2 Å². The molecule has 1 amide bonds. The second-order valence-electron chi connectivity index (χ2n) is 6.97. The second-order valence-corrected chi connectivity index (χ2v) is 7.53. The van der Waals surface area contributed by atoms with Crippen LogP contribution in [0.15, 0.2) is 24.3 Å². The maximum Gasteiger partial charge on any atom is 0.407 e. The van der Waals surface area contributed by atoms with Crippen LogP contribution in [0, 0.1) is 5.92 Å². The van der Waals surface area contributed by atoms with E-state index in [0.29, 0.717) is 12.8 Å². The first-order chi connectivity index (χ1) is 11.1. The molecular formula is C18H26BrNO4. The molecule has 1 aromatic rings. The third-order valence-electron chi connectivity index (χ3n) is 3.44. The van der Waals surface area contributed by atoms with Crippen LogP contribution in [-0.2, 0) is 21.3 Å². The lowest BCUT2D eigenvalue weighted by Crippen LogP contribution is -2.41. The van der Waals surface area contributed by atoms with Crippen molar-refractivity contribution < 1.29 is 19.4 Å². The summed E-state index contributed by atoms with van der Waals surface area (Å²) < 4.78 is 5.28. The predicted octanol–water partition coefficient (Wildman–Crippen LogP) is 4.13. The quantitative estimate of drug-likeness (QED) is 0.675. The zero-order valence-electron chi connectivity index (χ0n) is 14.6. The van der Waals surface area contributed by atoms with Crippen molar-refractivity contribution in [2.75, 3.05) is 0 Å². The van der Waals surface area contributed by atoms with Gasteiger partial charge in [0.2, 0.25) is 0 Å². The molecule has 0 unspecified atom stereocenters. The molecular weight excluding hydrogens is 374 g/mol. The Morgan fingerprint density at radius 3 is 2.21 bits per heavy atom. The standard InChI is InChI=1S/C18H26BrNO4/c1-12(16(21)22)9-15(20-17(23)24-18(2,3)4)10-13-5-7-14(11-19)8-6-13/h5-8,12,15H,9-11H2,1-4H3,(H,20,23)(H,21,22)/t12-,15+/m0/s1. The zero-order chi connectivity index (χ0) is 18.3. The zero-order valence-corrected chi connectivity index (χ0v) is 16.2. The van der Waals surface area contributed by atoms with Gasteiger partial charge in [-0.25, -0.2) is 4.79 Å². The predicted molar refractivity (Wildman–Crippen MR) is 97.4 cm³/mol. The summed E-state index contributed by atoms with van der Waals surface area (Å²) in [5.41, 5.74) is 1.61. The summed E-state index contributed by atoms with van der Waals surface area (Å²) in [6, 6.07) is 7.70. The molecule has 0 aromatic heterocycles. The number of alkyl halides is 1. The Bertz CT molecular complexity index is 551. The fraction of sp³-hybridized carbons (Fsp3) is 0.556. The summed E-state index contributed by atoms with van der Waals surface area (Å²) in [7, 11) is 0. The number of rotatable bonds is 7. The van der Waals surface area contributed by atoms with Gasteiger partial charge in [0.05, 0.1) is 5.92 Å². The maximum atomic E-state index is 12.0. The Kier molecular flexibility index (Phi) is 7.73. The number of nitrogens with one attached hydrogen (secondary N) is 1. The number of carbonyl (C=O) groups is 2. The topological polar surface area (TPSA) is 75.6 Å². The minimum absolute atomic E-state index is 0.305. The van der Waals surface area contributed by atoms with Gasteiger partial charge in [-0.1, -0.05) is 47.1 Å². The first kappa shape index (κ1) is 20.5. The molecule has 2 N–H and O–H groups in total. The first-order valence-corrected chi connectivity index (χ1v) is 9.09. The van der Waals surface area contributed by atoms with Gasteiger partial charge in [-0.15, -0.1) is 0 Å². The molecule has 0 radical (unpaired) electrons. The molecule has 0 aliphatic carbocycles. The van der Waals surface area contributed by atoms with E-state index in [-0.39, 0.29) is 6.04 Å². The number of carboxylic acid groups (broad SMARTS) is 1. The van der Waals surface area contributed by atoms with Gasteiger partial charge in [-0.2, -0.15) is 0 Å². The van der Waals surface area contributed by atoms with E-state index in [0.717, 1.165) is 16.5 Å². The molecule has 0 heterocycles. The highest BCUT2D eigenvalue weighted by molar-refractivity contribution is 9.08. The number of amides is 1. The number of benzene rings is 1. The van der Waals surface area contributed by atoms with Gasteiger partial charge in [-0.05, 0) is 44.7 Å². The van der Waals surface area contributed by atoms with Gasteiger partial charge in [0.25, 0.3) is 0 Å². The molecule has 0 aliphatic heterocycles. The number of ether oxygens (including phenoxy) is 1. The fourth-order valence-corrected chi connectivity index (χ4v) is 2.62. The summed E-state index contributed by atoms with van der Waals surface area (Å²) in [4.78, 5) is 23.2. The number of aliphatic carboxylic acids is 1. The Labute approximate surface area is 151 Å². The Hall–Kier alpha value is -1.56. The SMILES string of the molecule is C[C@@H](C[C@H](Cc1ccc(CBr)cc1)NC(=O)OC(C)(C)C)C(=O)O. The molecule has 0 saturated heterocycles. The molecule has 2 atom stereocenters. The first-order valence-electron chi connectivity index (χ1n) is 7.97. The highest BCUT2D eigenvalue weighted by Gasteiger charge is 2.23. The van der Waals surface area contributed by atoms with Crippen molar-refractivity contribution in [3.63, 3.8) is 0 Å². The summed E-state index contributed by atoms with van der Waals surface area (Å²) >= 11 is 3.40. The van der Waals surface area contributed by atoms with Crippen LogP contribution in [0.4, 0.5) is 4.79 Å². The monoisotopic (exact) mass is 399 g/mol. The minimum Gasteiger partial charge on any atom is -0.481 e. The highest BCUT2D eigenvalue weighted by atomic mass is 79.9. The molecule has 6 heteroatoms. The van der Waals surface area contributed by atoms with Crippen molar-refractivity contribution in [1.29, 1.82) is 0 Å². The highest BCUT2D eigenvalue weighted by Crippen LogP contribution is 2.15. The molecule has 0 spiro atoms. The van der Waals surface area contributed by atoms with Gasteiger partial charge in [0, 0.05) is 11.4 Å². The Morgan fingerprint density at radius 1 is 1.21 bits per heavy atom. The molecule has 1 aromatic carbocycles. The molecule has 24 heavy (non-hydrogen) atoms. The van der Waals surface area contributed by atoms with Crippen LogP contribution in [0.5, 0.6) is 0 Å². The number of alkyl carbamates (subject to hydrolysis) is 1. The van der Waals surface area contributed by atoms with E-state index in [4.69, 9.17) is 9.84 Å². The van der Waals surface area contributed by atoms with Crippen molar-refractivity contribution in [2.45, 2.75) is 57.5 Å². The van der Waals surface area contributed by atoms with Crippen molar-refractivity contribution in [2.24, 2.45) is 5.92 Å². The molecule has 0 saturated carbocycles. The number of hydrogen-bond acceptors (Lipinski definition) is 3. The van der Waals surface area contributed by atoms with Crippen LogP contribution in [0.2, 0.25) is 0 Å². The van der Waals surface area contributed by atoms with E-state index in [1.165, 1.54) is 0 Å². The van der Waals surface area contributed by atoms with Gasteiger partial charge < -0.3 is 15.2 Å². The Balaban J connectivity index is 2.79. The summed E-state index contributed by atoms with van der Waals surface area (Å²) in [5.74, 6) is -1.42. The van der Waals surface area contributed by atoms with Gasteiger partial charge in [0.15, 0.2) is 0 Å². The summed E-state index contributed by atoms with van der Waals surface area (Å²) in [6.07, 6.45) is 0.371. The Morgan fingerprint density at radius 2 is 1.75 bits per heavy atom. The normalized spacial score (nSPS) is 13.9. The number of hydrogen-bond donors (Lipinski definition) is 2. The van der Waals surface area contributed by atoms with E-state index in [2.05, 4.69) is 21.2 Å². The van der Waals surface area contributed by atoms with Crippen molar-refractivity contribution in [3.8, 4) is 0 Å². The summed E-state index contributed by atoms with van der Waals surface area (Å²) in [5, 5.41) is 12.7. The van der Waals surface area contributed by atoms with Gasteiger partial charge in [0.1, 0.15) is 5.60 Å². The third kappa shape index (κ3) is 7.81. The van der Waals surface area contributed by atoms with Crippen LogP contribution < -0.4 is 5.32 Å². The van der Waals surface area contributed by atoms with Crippen molar-refractivity contribution in [1.82, 2.24) is 5.32 Å². The van der Waals surface area contributed by atoms with E-state index < -0.39 is 23.6 Å². The van der Waals surface area contributed by atoms with E-state index >= 15 is 0 Å². The lowest BCUT2D eigenvalue weighted by molar-refractivity contribution is -0.141. The molecule has 5 nitrogen and oxygen atoms in total. The number of halogens is 1. The van der Waals surface area contributed by atoms with Crippen LogP contribution in [0.3, 0.4) is 0 Å². The number of carboxylic acids is 1. The van der Waals surface area contributed by atoms with Gasteiger partial charge >= 0.3 is 12.1 Å². The average Bonchev–Trinajstić information content (AvgIpc) is 2.45. The summed E-state index contributed by atoms with van der Waals surface area (Å²) in [6.45, 7) is 7.02. The molecule has 0 fully saturated rings. The third-order valence-corrected chi connectivity index (χ3v) is 4.09. The van der Waals surface area contributed by atoms with Crippen molar-refractivity contribution >= 4 is 28.0 Å². The maximum absolute atomic E-state index is 12.0. The van der Waals surface area contributed by atoms with E-state index in [1.807, 2.05) is 24.3 Å². The smallest absolute Gasteiger partial charge is 0.407 e. The van der Waals surface area contributed by atoms with Crippen LogP contribution in [0.25, 0.3) is 0 Å². The molecule has 134 valence electrons. The molecule has 0 bridgehead atoms. The van der Waals surface area contributed by atoms with Crippen LogP contribution in [-0.4, -0.2) is 28.8 Å².